The van der Waals surface area contributed by atoms with Gasteiger partial charge in [-0.15, -0.1) is 0 Å². The molecule has 0 aliphatic carbocycles. The van der Waals surface area contributed by atoms with E-state index in [1.165, 1.54) is 29.5 Å². The molecule has 0 radical (unpaired) electrons. The SMILES string of the molecule is Cc1c(C2CCCN2)cc(Cl)c2c1CCCO2. The molecule has 2 aliphatic rings. The van der Waals surface area contributed by atoms with Crippen molar-refractivity contribution in [3.05, 3.63) is 27.8 Å². The number of hydrogen-bond acceptors (Lipinski definition) is 2. The van der Waals surface area contributed by atoms with Crippen molar-refractivity contribution in [1.82, 2.24) is 5.32 Å². The molecule has 1 aromatic carbocycles. The van der Waals surface area contributed by atoms with E-state index < -0.39 is 0 Å². The van der Waals surface area contributed by atoms with Crippen LogP contribution >= 0.6 is 11.6 Å². The van der Waals surface area contributed by atoms with E-state index in [0.717, 1.165) is 36.8 Å². The Bertz CT molecular complexity index is 438. The number of benzene rings is 1. The molecule has 2 nitrogen and oxygen atoms in total. The van der Waals surface area contributed by atoms with Gasteiger partial charge in [-0.2, -0.15) is 0 Å². The van der Waals surface area contributed by atoms with Crippen molar-refractivity contribution in [1.29, 1.82) is 0 Å². The molecule has 0 bridgehead atoms. The lowest BCUT2D eigenvalue weighted by molar-refractivity contribution is 0.287. The number of rotatable bonds is 1. The lowest BCUT2D eigenvalue weighted by Gasteiger charge is -2.24. The van der Waals surface area contributed by atoms with Gasteiger partial charge in [0.1, 0.15) is 5.75 Å². The van der Waals surface area contributed by atoms with Gasteiger partial charge in [-0.05, 0) is 61.9 Å². The van der Waals surface area contributed by atoms with Crippen molar-refractivity contribution in [2.24, 2.45) is 0 Å². The first kappa shape index (κ1) is 11.4. The molecule has 1 saturated heterocycles. The summed E-state index contributed by atoms with van der Waals surface area (Å²) in [5.41, 5.74) is 4.08. The molecule has 2 heterocycles. The number of hydrogen-bond donors (Lipinski definition) is 1. The zero-order chi connectivity index (χ0) is 11.8. The van der Waals surface area contributed by atoms with E-state index >= 15 is 0 Å². The Kier molecular flexibility index (Phi) is 3.01. The summed E-state index contributed by atoms with van der Waals surface area (Å²) in [6.07, 6.45) is 4.68. The Balaban J connectivity index is 2.07. The predicted octanol–water partition coefficient (Wildman–Crippen LogP) is 3.40. The van der Waals surface area contributed by atoms with Gasteiger partial charge in [-0.3, -0.25) is 0 Å². The molecule has 92 valence electrons. The van der Waals surface area contributed by atoms with Gasteiger partial charge in [-0.1, -0.05) is 11.6 Å². The molecule has 0 spiro atoms. The summed E-state index contributed by atoms with van der Waals surface area (Å²) in [4.78, 5) is 0. The van der Waals surface area contributed by atoms with Crippen LogP contribution in [0.3, 0.4) is 0 Å². The minimum atomic E-state index is 0.486. The Morgan fingerprint density at radius 1 is 1.41 bits per heavy atom. The van der Waals surface area contributed by atoms with Crippen LogP contribution in [0.1, 0.15) is 42.0 Å². The first-order valence-electron chi connectivity index (χ1n) is 6.45. The maximum absolute atomic E-state index is 6.34. The zero-order valence-corrected chi connectivity index (χ0v) is 10.9. The van der Waals surface area contributed by atoms with E-state index in [9.17, 15) is 0 Å². The lowest BCUT2D eigenvalue weighted by atomic mass is 9.92. The molecule has 3 rings (SSSR count). The van der Waals surface area contributed by atoms with Gasteiger partial charge in [0.2, 0.25) is 0 Å². The number of fused-ring (bicyclic) bond motifs is 1. The molecular formula is C14H18ClNO. The second-order valence-corrected chi connectivity index (χ2v) is 5.39. The highest BCUT2D eigenvalue weighted by molar-refractivity contribution is 6.32. The van der Waals surface area contributed by atoms with Gasteiger partial charge in [0.15, 0.2) is 0 Å². The summed E-state index contributed by atoms with van der Waals surface area (Å²) in [5, 5.41) is 4.33. The molecule has 1 fully saturated rings. The highest BCUT2D eigenvalue weighted by Gasteiger charge is 2.24. The topological polar surface area (TPSA) is 21.3 Å². The van der Waals surface area contributed by atoms with Crippen molar-refractivity contribution in [2.45, 2.75) is 38.6 Å². The molecule has 0 aromatic heterocycles. The second kappa shape index (κ2) is 4.51. The minimum Gasteiger partial charge on any atom is -0.492 e. The molecule has 17 heavy (non-hydrogen) atoms. The molecule has 0 saturated carbocycles. The average molecular weight is 252 g/mol. The van der Waals surface area contributed by atoms with Gasteiger partial charge < -0.3 is 10.1 Å². The highest BCUT2D eigenvalue weighted by atomic mass is 35.5. The number of nitrogens with one attached hydrogen (secondary N) is 1. The van der Waals surface area contributed by atoms with E-state index in [-0.39, 0.29) is 0 Å². The summed E-state index contributed by atoms with van der Waals surface area (Å²) < 4.78 is 5.70. The monoisotopic (exact) mass is 251 g/mol. The molecule has 1 aromatic rings. The molecule has 1 N–H and O–H groups in total. The van der Waals surface area contributed by atoms with E-state index in [1.54, 1.807) is 0 Å². The Morgan fingerprint density at radius 2 is 2.29 bits per heavy atom. The first-order chi connectivity index (χ1) is 8.27. The largest absolute Gasteiger partial charge is 0.492 e. The van der Waals surface area contributed by atoms with Crippen LogP contribution in [0.5, 0.6) is 5.75 Å². The molecule has 3 heteroatoms. The van der Waals surface area contributed by atoms with Crippen molar-refractivity contribution >= 4 is 11.6 Å². The van der Waals surface area contributed by atoms with Gasteiger partial charge in [-0.25, -0.2) is 0 Å². The van der Waals surface area contributed by atoms with Crippen molar-refractivity contribution in [3.8, 4) is 5.75 Å². The van der Waals surface area contributed by atoms with Crippen LogP contribution in [0.2, 0.25) is 5.02 Å². The first-order valence-corrected chi connectivity index (χ1v) is 6.83. The summed E-state index contributed by atoms with van der Waals surface area (Å²) in [7, 11) is 0. The third-order valence-electron chi connectivity index (χ3n) is 3.91. The van der Waals surface area contributed by atoms with Crippen LogP contribution < -0.4 is 10.1 Å². The fourth-order valence-electron chi connectivity index (χ4n) is 2.99. The van der Waals surface area contributed by atoms with Crippen LogP contribution in [0.25, 0.3) is 0 Å². The van der Waals surface area contributed by atoms with Gasteiger partial charge in [0.05, 0.1) is 11.6 Å². The van der Waals surface area contributed by atoms with Gasteiger partial charge in [0.25, 0.3) is 0 Å². The van der Waals surface area contributed by atoms with E-state index in [2.05, 4.69) is 18.3 Å². The zero-order valence-electron chi connectivity index (χ0n) is 10.2. The number of ether oxygens (including phenoxy) is 1. The maximum Gasteiger partial charge on any atom is 0.141 e. The Labute approximate surface area is 107 Å². The van der Waals surface area contributed by atoms with E-state index in [0.29, 0.717) is 6.04 Å². The van der Waals surface area contributed by atoms with E-state index in [4.69, 9.17) is 16.3 Å². The Hall–Kier alpha value is -0.730. The maximum atomic E-state index is 6.34. The summed E-state index contributed by atoms with van der Waals surface area (Å²) >= 11 is 6.34. The third kappa shape index (κ3) is 1.94. The van der Waals surface area contributed by atoms with Gasteiger partial charge >= 0.3 is 0 Å². The summed E-state index contributed by atoms with van der Waals surface area (Å²) in [6.45, 7) is 4.13. The summed E-state index contributed by atoms with van der Waals surface area (Å²) in [5.74, 6) is 0.928. The lowest BCUT2D eigenvalue weighted by Crippen LogP contribution is -2.17. The van der Waals surface area contributed by atoms with E-state index in [1.807, 2.05) is 0 Å². The smallest absolute Gasteiger partial charge is 0.141 e. The Morgan fingerprint density at radius 3 is 3.06 bits per heavy atom. The van der Waals surface area contributed by atoms with Crippen molar-refractivity contribution < 1.29 is 4.74 Å². The fraction of sp³-hybridized carbons (Fsp3) is 0.571. The van der Waals surface area contributed by atoms with Crippen molar-refractivity contribution in [3.63, 3.8) is 0 Å². The van der Waals surface area contributed by atoms with Crippen LogP contribution in [0, 0.1) is 6.92 Å². The molecule has 0 amide bonds. The van der Waals surface area contributed by atoms with Crippen LogP contribution in [-0.2, 0) is 6.42 Å². The minimum absolute atomic E-state index is 0.486. The molecule has 2 aliphatic heterocycles. The molecular weight excluding hydrogens is 234 g/mol. The van der Waals surface area contributed by atoms with Crippen molar-refractivity contribution in [2.75, 3.05) is 13.2 Å². The van der Waals surface area contributed by atoms with Crippen LogP contribution in [0.4, 0.5) is 0 Å². The summed E-state index contributed by atoms with van der Waals surface area (Å²) in [6, 6.07) is 2.59. The third-order valence-corrected chi connectivity index (χ3v) is 4.19. The predicted molar refractivity (Wildman–Crippen MR) is 70.0 cm³/mol. The second-order valence-electron chi connectivity index (χ2n) is 4.98. The van der Waals surface area contributed by atoms with Crippen LogP contribution in [-0.4, -0.2) is 13.2 Å². The normalized spacial score (nSPS) is 23.3. The highest BCUT2D eigenvalue weighted by Crippen LogP contribution is 2.40. The quantitative estimate of drug-likeness (QED) is 0.826. The molecule has 1 atom stereocenters. The van der Waals surface area contributed by atoms with Crippen LogP contribution in [0.15, 0.2) is 6.07 Å². The standard InChI is InChI=1S/C14H18ClNO/c1-9-10-4-3-7-17-14(10)12(15)8-11(9)13-5-2-6-16-13/h8,13,16H,2-7H2,1H3. The fourth-order valence-corrected chi connectivity index (χ4v) is 3.28. The van der Waals surface area contributed by atoms with Gasteiger partial charge in [0, 0.05) is 6.04 Å². The number of halogens is 1. The average Bonchev–Trinajstić information content (AvgIpc) is 2.87. The molecule has 1 unspecified atom stereocenters.